The van der Waals surface area contributed by atoms with Gasteiger partial charge in [-0.2, -0.15) is 0 Å². The van der Waals surface area contributed by atoms with Crippen molar-refractivity contribution in [2.45, 2.75) is 18.9 Å². The van der Waals surface area contributed by atoms with Crippen LogP contribution in [0.15, 0.2) is 18.2 Å². The molecule has 1 aromatic rings. The maximum absolute atomic E-state index is 13.3. The Morgan fingerprint density at radius 1 is 1.38 bits per heavy atom. The van der Waals surface area contributed by atoms with Crippen LogP contribution in [0.4, 0.5) is 4.39 Å². The lowest BCUT2D eigenvalue weighted by molar-refractivity contribution is -0.119. The number of primary amides is 1. The van der Waals surface area contributed by atoms with Crippen LogP contribution in [-0.4, -0.2) is 47.5 Å². The summed E-state index contributed by atoms with van der Waals surface area (Å²) >= 11 is 0. The smallest absolute Gasteiger partial charge is 0.258 e. The van der Waals surface area contributed by atoms with Crippen molar-refractivity contribution in [3.05, 3.63) is 29.6 Å². The van der Waals surface area contributed by atoms with Crippen molar-refractivity contribution >= 4 is 11.8 Å². The molecule has 4 N–H and O–H groups in total. The van der Waals surface area contributed by atoms with Crippen LogP contribution in [0.2, 0.25) is 0 Å². The van der Waals surface area contributed by atoms with Crippen molar-refractivity contribution in [1.82, 2.24) is 10.2 Å². The lowest BCUT2D eigenvalue weighted by Crippen LogP contribution is -2.49. The van der Waals surface area contributed by atoms with E-state index in [1.54, 1.807) is 0 Å². The quantitative estimate of drug-likeness (QED) is 0.740. The van der Waals surface area contributed by atoms with Crippen LogP contribution < -0.4 is 11.1 Å². The first-order valence-corrected chi connectivity index (χ1v) is 6.77. The van der Waals surface area contributed by atoms with Gasteiger partial charge in [0.05, 0.1) is 12.1 Å². The summed E-state index contributed by atoms with van der Waals surface area (Å²) in [7, 11) is 0. The molecule has 1 aliphatic heterocycles. The van der Waals surface area contributed by atoms with E-state index in [-0.39, 0.29) is 23.9 Å². The van der Waals surface area contributed by atoms with E-state index in [0.717, 1.165) is 31.3 Å². The van der Waals surface area contributed by atoms with Gasteiger partial charge in [0.15, 0.2) is 0 Å². The van der Waals surface area contributed by atoms with Gasteiger partial charge in [0, 0.05) is 6.04 Å². The maximum atomic E-state index is 13.3. The Kier molecular flexibility index (Phi) is 4.74. The third kappa shape index (κ3) is 3.69. The molecular weight excluding hydrogens is 277 g/mol. The highest BCUT2D eigenvalue weighted by Crippen LogP contribution is 2.22. The fraction of sp³-hybridized carbons (Fsp3) is 0.429. The monoisotopic (exact) mass is 295 g/mol. The van der Waals surface area contributed by atoms with Crippen molar-refractivity contribution in [2.75, 3.05) is 19.6 Å². The van der Waals surface area contributed by atoms with Gasteiger partial charge in [0.1, 0.15) is 11.6 Å². The minimum atomic E-state index is -0.641. The zero-order valence-electron chi connectivity index (χ0n) is 11.5. The molecule has 0 aliphatic carbocycles. The van der Waals surface area contributed by atoms with E-state index in [4.69, 9.17) is 5.73 Å². The molecule has 21 heavy (non-hydrogen) atoms. The number of carbonyl (C=O) groups excluding carboxylic acids is 2. The molecule has 2 rings (SSSR count). The summed E-state index contributed by atoms with van der Waals surface area (Å²) in [5, 5.41) is 12.9. The van der Waals surface area contributed by atoms with Crippen LogP contribution in [0, 0.1) is 5.82 Å². The van der Waals surface area contributed by atoms with E-state index in [9.17, 15) is 19.1 Å². The normalized spacial score (nSPS) is 15.7. The average molecular weight is 295 g/mol. The van der Waals surface area contributed by atoms with Gasteiger partial charge in [-0.05, 0) is 44.1 Å². The number of benzene rings is 1. The second-order valence-electron chi connectivity index (χ2n) is 5.04. The highest BCUT2D eigenvalue weighted by Gasteiger charge is 2.29. The Morgan fingerprint density at radius 3 is 2.67 bits per heavy atom. The van der Waals surface area contributed by atoms with Gasteiger partial charge >= 0.3 is 0 Å². The number of amides is 2. The highest BCUT2D eigenvalue weighted by molar-refractivity contribution is 5.98. The van der Waals surface area contributed by atoms with Crippen molar-refractivity contribution < 1.29 is 19.1 Å². The molecule has 114 valence electrons. The third-order valence-electron chi connectivity index (χ3n) is 3.53. The summed E-state index contributed by atoms with van der Waals surface area (Å²) < 4.78 is 13.3. The minimum absolute atomic E-state index is 0.158. The van der Waals surface area contributed by atoms with Crippen LogP contribution in [0.1, 0.15) is 23.2 Å². The SMILES string of the molecule is NC(=O)CN(C(=O)c1cc(F)ccc1O)C1CCNCC1. The summed E-state index contributed by atoms with van der Waals surface area (Å²) in [6.07, 6.45) is 1.35. The van der Waals surface area contributed by atoms with Crippen LogP contribution in [-0.2, 0) is 4.79 Å². The number of nitrogens with one attached hydrogen (secondary N) is 1. The molecule has 0 atom stereocenters. The molecule has 1 saturated heterocycles. The first kappa shape index (κ1) is 15.2. The van der Waals surface area contributed by atoms with E-state index in [2.05, 4.69) is 5.32 Å². The number of halogens is 1. The van der Waals surface area contributed by atoms with Gasteiger partial charge in [-0.3, -0.25) is 9.59 Å². The van der Waals surface area contributed by atoms with E-state index in [1.807, 2.05) is 0 Å². The molecule has 0 saturated carbocycles. The fourth-order valence-corrected chi connectivity index (χ4v) is 2.49. The molecule has 1 aliphatic rings. The summed E-state index contributed by atoms with van der Waals surface area (Å²) in [5.74, 6) is -2.17. The molecule has 0 aromatic heterocycles. The zero-order chi connectivity index (χ0) is 15.4. The molecule has 0 spiro atoms. The number of hydrogen-bond donors (Lipinski definition) is 3. The van der Waals surface area contributed by atoms with Gasteiger partial charge in [0.2, 0.25) is 5.91 Å². The molecular formula is C14H18FN3O3. The van der Waals surface area contributed by atoms with E-state index in [1.165, 1.54) is 4.90 Å². The highest BCUT2D eigenvalue weighted by atomic mass is 19.1. The molecule has 2 amide bonds. The average Bonchev–Trinajstić information content (AvgIpc) is 2.47. The van der Waals surface area contributed by atoms with Gasteiger partial charge in [0.25, 0.3) is 5.91 Å². The first-order chi connectivity index (χ1) is 9.99. The van der Waals surface area contributed by atoms with Gasteiger partial charge < -0.3 is 21.1 Å². The molecule has 0 radical (unpaired) electrons. The van der Waals surface area contributed by atoms with E-state index < -0.39 is 17.6 Å². The number of aromatic hydroxyl groups is 1. The number of nitrogens with zero attached hydrogens (tertiary/aromatic N) is 1. The molecule has 6 nitrogen and oxygen atoms in total. The maximum Gasteiger partial charge on any atom is 0.258 e. The second-order valence-corrected chi connectivity index (χ2v) is 5.04. The van der Waals surface area contributed by atoms with Crippen LogP contribution in [0.3, 0.4) is 0 Å². The largest absolute Gasteiger partial charge is 0.507 e. The van der Waals surface area contributed by atoms with Crippen molar-refractivity contribution in [2.24, 2.45) is 5.73 Å². The van der Waals surface area contributed by atoms with Crippen LogP contribution >= 0.6 is 0 Å². The van der Waals surface area contributed by atoms with Gasteiger partial charge in [-0.25, -0.2) is 4.39 Å². The Bertz CT molecular complexity index is 544. The Labute approximate surface area is 121 Å². The summed E-state index contributed by atoms with van der Waals surface area (Å²) in [4.78, 5) is 25.1. The van der Waals surface area contributed by atoms with E-state index in [0.29, 0.717) is 12.8 Å². The number of piperidine rings is 1. The molecule has 7 heteroatoms. The van der Waals surface area contributed by atoms with Crippen molar-refractivity contribution in [1.29, 1.82) is 0 Å². The van der Waals surface area contributed by atoms with E-state index >= 15 is 0 Å². The number of carbonyl (C=O) groups is 2. The van der Waals surface area contributed by atoms with Crippen LogP contribution in [0.25, 0.3) is 0 Å². The topological polar surface area (TPSA) is 95.7 Å². The minimum Gasteiger partial charge on any atom is -0.507 e. The molecule has 1 fully saturated rings. The third-order valence-corrected chi connectivity index (χ3v) is 3.53. The Balaban J connectivity index is 2.28. The van der Waals surface area contributed by atoms with Crippen molar-refractivity contribution in [3.8, 4) is 5.75 Å². The number of hydrogen-bond acceptors (Lipinski definition) is 4. The lowest BCUT2D eigenvalue weighted by Gasteiger charge is -2.34. The number of rotatable bonds is 4. The number of nitrogens with two attached hydrogens (primary N) is 1. The number of phenols is 1. The summed E-state index contributed by atoms with van der Waals surface area (Å²) in [6.45, 7) is 1.20. The fourth-order valence-electron chi connectivity index (χ4n) is 2.49. The number of phenolic OH excluding ortho intramolecular Hbond substituents is 1. The Morgan fingerprint density at radius 2 is 2.05 bits per heavy atom. The molecule has 0 unspecified atom stereocenters. The molecule has 1 aromatic carbocycles. The molecule has 0 bridgehead atoms. The Hall–Kier alpha value is -2.15. The van der Waals surface area contributed by atoms with Crippen molar-refractivity contribution in [3.63, 3.8) is 0 Å². The van der Waals surface area contributed by atoms with Crippen LogP contribution in [0.5, 0.6) is 5.75 Å². The summed E-state index contributed by atoms with van der Waals surface area (Å²) in [5.41, 5.74) is 5.04. The predicted octanol–water partition coefficient (Wildman–Crippen LogP) is 0.211. The zero-order valence-corrected chi connectivity index (χ0v) is 11.5. The lowest BCUT2D eigenvalue weighted by atomic mass is 10.0. The molecule has 1 heterocycles. The first-order valence-electron chi connectivity index (χ1n) is 6.77. The van der Waals surface area contributed by atoms with Gasteiger partial charge in [-0.15, -0.1) is 0 Å². The van der Waals surface area contributed by atoms with Gasteiger partial charge in [-0.1, -0.05) is 0 Å². The summed E-state index contributed by atoms with van der Waals surface area (Å²) in [6, 6.07) is 2.99. The second kappa shape index (κ2) is 6.53. The predicted molar refractivity (Wildman–Crippen MR) is 74.2 cm³/mol. The standard InChI is InChI=1S/C14H18FN3O3/c15-9-1-2-12(19)11(7-9)14(21)18(8-13(16)20)10-3-5-17-6-4-10/h1-2,7,10,17,19H,3-6,8H2,(H2,16,20).